The van der Waals surface area contributed by atoms with Crippen LogP contribution in [0.4, 0.5) is 0 Å². The van der Waals surface area contributed by atoms with Crippen LogP contribution in [0.2, 0.25) is 0 Å². The van der Waals surface area contributed by atoms with Crippen molar-refractivity contribution in [3.05, 3.63) is 29.3 Å². The van der Waals surface area contributed by atoms with Crippen LogP contribution in [0.25, 0.3) is 10.6 Å². The molecule has 0 atom stereocenters. The molecule has 0 radical (unpaired) electrons. The predicted molar refractivity (Wildman–Crippen MR) is 71.7 cm³/mol. The molecule has 1 aliphatic heterocycles. The molecule has 0 saturated carbocycles. The minimum absolute atomic E-state index is 0.102. The number of hydrogen-bond acceptors (Lipinski definition) is 3. The maximum Gasteiger partial charge on any atom is 0.272 e. The van der Waals surface area contributed by atoms with Gasteiger partial charge in [-0.25, -0.2) is 0 Å². The zero-order valence-electron chi connectivity index (χ0n) is 10.3. The van der Waals surface area contributed by atoms with Gasteiger partial charge in [0.2, 0.25) is 0 Å². The average molecular weight is 261 g/mol. The third kappa shape index (κ3) is 1.95. The Morgan fingerprint density at radius 1 is 1.39 bits per heavy atom. The first-order chi connectivity index (χ1) is 8.75. The molecule has 4 nitrogen and oxygen atoms in total. The zero-order chi connectivity index (χ0) is 12.5. The van der Waals surface area contributed by atoms with Gasteiger partial charge in [-0.05, 0) is 30.4 Å². The molecule has 1 saturated heterocycles. The molecule has 1 fully saturated rings. The number of carbonyl (C=O) groups is 1. The van der Waals surface area contributed by atoms with Gasteiger partial charge in [-0.2, -0.15) is 5.10 Å². The largest absolute Gasteiger partial charge is 0.337 e. The van der Waals surface area contributed by atoms with Crippen molar-refractivity contribution in [2.75, 3.05) is 13.1 Å². The second-order valence-corrected chi connectivity index (χ2v) is 5.46. The van der Waals surface area contributed by atoms with Crippen LogP contribution >= 0.6 is 11.3 Å². The first kappa shape index (κ1) is 11.5. The van der Waals surface area contributed by atoms with Crippen LogP contribution in [0.3, 0.4) is 0 Å². The zero-order valence-corrected chi connectivity index (χ0v) is 11.1. The van der Waals surface area contributed by atoms with E-state index in [1.807, 2.05) is 35.5 Å². The third-order valence-corrected chi connectivity index (χ3v) is 4.16. The molecule has 0 aliphatic carbocycles. The van der Waals surface area contributed by atoms with Crippen LogP contribution in [0, 0.1) is 0 Å². The van der Waals surface area contributed by atoms with Crippen LogP contribution in [-0.4, -0.2) is 33.7 Å². The molecule has 1 amide bonds. The first-order valence-electron chi connectivity index (χ1n) is 6.13. The van der Waals surface area contributed by atoms with Gasteiger partial charge in [-0.1, -0.05) is 6.07 Å². The van der Waals surface area contributed by atoms with Crippen molar-refractivity contribution in [2.24, 2.45) is 7.05 Å². The van der Waals surface area contributed by atoms with Gasteiger partial charge in [0.05, 0.1) is 4.88 Å². The minimum atomic E-state index is 0.102. The molecule has 2 aromatic rings. The summed E-state index contributed by atoms with van der Waals surface area (Å²) in [4.78, 5) is 15.3. The Morgan fingerprint density at radius 2 is 2.17 bits per heavy atom. The smallest absolute Gasteiger partial charge is 0.272 e. The van der Waals surface area contributed by atoms with E-state index < -0.39 is 0 Å². The Kier molecular flexibility index (Phi) is 2.91. The fraction of sp³-hybridized carbons (Fsp3) is 0.385. The molecule has 0 aromatic carbocycles. The van der Waals surface area contributed by atoms with Crippen LogP contribution < -0.4 is 0 Å². The summed E-state index contributed by atoms with van der Waals surface area (Å²) in [5.74, 6) is 0.102. The summed E-state index contributed by atoms with van der Waals surface area (Å²) in [7, 11) is 1.83. The molecule has 1 aliphatic rings. The molecular formula is C13H15N3OS. The van der Waals surface area contributed by atoms with E-state index in [0.717, 1.165) is 36.5 Å². The van der Waals surface area contributed by atoms with Crippen LogP contribution in [0.1, 0.15) is 23.3 Å². The molecule has 0 N–H and O–H groups in total. The summed E-state index contributed by atoms with van der Waals surface area (Å²) in [6.07, 6.45) is 2.22. The van der Waals surface area contributed by atoms with E-state index in [-0.39, 0.29) is 5.91 Å². The molecule has 0 bridgehead atoms. The Balaban J connectivity index is 1.90. The lowest BCUT2D eigenvalue weighted by molar-refractivity contribution is 0.0782. The number of aromatic nitrogens is 2. The van der Waals surface area contributed by atoms with Gasteiger partial charge < -0.3 is 4.90 Å². The van der Waals surface area contributed by atoms with E-state index in [1.165, 1.54) is 0 Å². The molecule has 18 heavy (non-hydrogen) atoms. The van der Waals surface area contributed by atoms with Crippen LogP contribution in [0.5, 0.6) is 0 Å². The number of rotatable bonds is 2. The van der Waals surface area contributed by atoms with Crippen LogP contribution in [-0.2, 0) is 7.05 Å². The van der Waals surface area contributed by atoms with Crippen molar-refractivity contribution in [2.45, 2.75) is 12.8 Å². The molecule has 0 unspecified atom stereocenters. The molecular weight excluding hydrogens is 246 g/mol. The van der Waals surface area contributed by atoms with Crippen molar-refractivity contribution in [1.82, 2.24) is 14.7 Å². The monoisotopic (exact) mass is 261 g/mol. The van der Waals surface area contributed by atoms with Crippen molar-refractivity contribution in [1.29, 1.82) is 0 Å². The Morgan fingerprint density at radius 3 is 2.83 bits per heavy atom. The Hall–Kier alpha value is -1.62. The van der Waals surface area contributed by atoms with Crippen molar-refractivity contribution in [3.63, 3.8) is 0 Å². The number of carbonyl (C=O) groups excluding carboxylic acids is 1. The summed E-state index contributed by atoms with van der Waals surface area (Å²) in [6, 6.07) is 5.92. The molecule has 3 rings (SSSR count). The number of nitrogens with zero attached hydrogens (tertiary/aromatic N) is 3. The Bertz CT molecular complexity index is 553. The number of hydrogen-bond donors (Lipinski definition) is 0. The molecule has 0 spiro atoms. The normalized spacial score (nSPS) is 15.3. The molecule has 94 valence electrons. The van der Waals surface area contributed by atoms with Gasteiger partial charge in [-0.3, -0.25) is 9.48 Å². The number of aryl methyl sites for hydroxylation is 1. The lowest BCUT2D eigenvalue weighted by Gasteiger charge is -2.14. The summed E-state index contributed by atoms with van der Waals surface area (Å²) in [6.45, 7) is 1.75. The van der Waals surface area contributed by atoms with E-state index in [4.69, 9.17) is 0 Å². The summed E-state index contributed by atoms with van der Waals surface area (Å²) in [5.41, 5.74) is 1.57. The molecule has 2 aromatic heterocycles. The summed E-state index contributed by atoms with van der Waals surface area (Å²) in [5, 5.41) is 6.44. The highest BCUT2D eigenvalue weighted by atomic mass is 32.1. The fourth-order valence-electron chi connectivity index (χ4n) is 2.29. The quantitative estimate of drug-likeness (QED) is 0.832. The fourth-order valence-corrected chi connectivity index (χ4v) is 2.98. The first-order valence-corrected chi connectivity index (χ1v) is 7.01. The van der Waals surface area contributed by atoms with Crippen LogP contribution in [0.15, 0.2) is 23.6 Å². The number of likely N-dealkylation sites (tertiary alicyclic amines) is 1. The van der Waals surface area contributed by atoms with Crippen molar-refractivity contribution < 1.29 is 4.79 Å². The highest BCUT2D eigenvalue weighted by Gasteiger charge is 2.23. The lowest BCUT2D eigenvalue weighted by atomic mass is 10.3. The van der Waals surface area contributed by atoms with Gasteiger partial charge in [0.25, 0.3) is 5.91 Å². The summed E-state index contributed by atoms with van der Waals surface area (Å²) >= 11 is 1.64. The average Bonchev–Trinajstić information content (AvgIpc) is 3.10. The van der Waals surface area contributed by atoms with Gasteiger partial charge in [0, 0.05) is 20.1 Å². The second kappa shape index (κ2) is 4.57. The van der Waals surface area contributed by atoms with Gasteiger partial charge in [0.1, 0.15) is 11.4 Å². The highest BCUT2D eigenvalue weighted by Crippen LogP contribution is 2.24. The van der Waals surface area contributed by atoms with Gasteiger partial charge in [0.15, 0.2) is 0 Å². The topological polar surface area (TPSA) is 38.1 Å². The maximum absolute atomic E-state index is 12.3. The standard InChI is InChI=1S/C13H15N3OS/c1-15-11(13(17)16-6-2-3-7-16)9-10(14-15)12-5-4-8-18-12/h4-5,8-9H,2-3,6-7H2,1H3. The van der Waals surface area contributed by atoms with Gasteiger partial charge in [-0.15, -0.1) is 11.3 Å². The second-order valence-electron chi connectivity index (χ2n) is 4.52. The highest BCUT2D eigenvalue weighted by molar-refractivity contribution is 7.13. The van der Waals surface area contributed by atoms with E-state index in [0.29, 0.717) is 5.69 Å². The number of amides is 1. The van der Waals surface area contributed by atoms with Gasteiger partial charge >= 0.3 is 0 Å². The van der Waals surface area contributed by atoms with E-state index in [1.54, 1.807) is 16.0 Å². The molecule has 3 heterocycles. The summed E-state index contributed by atoms with van der Waals surface area (Å²) < 4.78 is 1.69. The van der Waals surface area contributed by atoms with Crippen molar-refractivity contribution in [3.8, 4) is 10.6 Å². The third-order valence-electron chi connectivity index (χ3n) is 3.27. The lowest BCUT2D eigenvalue weighted by Crippen LogP contribution is -2.29. The number of thiophene rings is 1. The SMILES string of the molecule is Cn1nc(-c2cccs2)cc1C(=O)N1CCCC1. The van der Waals surface area contributed by atoms with E-state index >= 15 is 0 Å². The minimum Gasteiger partial charge on any atom is -0.337 e. The van der Waals surface area contributed by atoms with E-state index in [2.05, 4.69) is 5.10 Å². The Labute approximate surface area is 110 Å². The maximum atomic E-state index is 12.3. The molecule has 5 heteroatoms. The van der Waals surface area contributed by atoms with Crippen molar-refractivity contribution >= 4 is 17.2 Å². The van der Waals surface area contributed by atoms with E-state index in [9.17, 15) is 4.79 Å². The predicted octanol–water partition coefficient (Wildman–Crippen LogP) is 2.38.